The van der Waals surface area contributed by atoms with Gasteiger partial charge in [-0.3, -0.25) is 0 Å². The Hall–Kier alpha value is -1.36. The summed E-state index contributed by atoms with van der Waals surface area (Å²) in [5, 5.41) is 0. The van der Waals surface area contributed by atoms with Gasteiger partial charge in [-0.2, -0.15) is 39.5 Å². The smallest absolute Gasteiger partial charge is 0.428 e. The summed E-state index contributed by atoms with van der Waals surface area (Å²) in [6, 6.07) is -0.218. The molecule has 0 aliphatic heterocycles. The number of alkyl halides is 9. The minimum atomic E-state index is -6.06. The van der Waals surface area contributed by atoms with Crippen molar-refractivity contribution >= 4 is 12.4 Å². The largest absolute Gasteiger partial charge is 0.461 e. The summed E-state index contributed by atoms with van der Waals surface area (Å²) in [5.74, 6) is -6.78. The molecule has 0 heterocycles. The summed E-state index contributed by atoms with van der Waals surface area (Å²) < 4.78 is 116. The maximum atomic E-state index is 13.1. The molecule has 23 heavy (non-hydrogen) atoms. The first-order valence-corrected chi connectivity index (χ1v) is 5.44. The molecule has 0 unspecified atom stereocenters. The quantitative estimate of drug-likeness (QED) is 0.765. The maximum absolute atomic E-state index is 13.1. The van der Waals surface area contributed by atoms with Crippen LogP contribution in [0.25, 0.3) is 0 Å². The van der Waals surface area contributed by atoms with Gasteiger partial charge in [-0.15, -0.1) is 12.4 Å². The van der Waals surface area contributed by atoms with Gasteiger partial charge in [0.1, 0.15) is 11.8 Å². The van der Waals surface area contributed by atoms with E-state index in [4.69, 9.17) is 5.73 Å². The Morgan fingerprint density at radius 1 is 0.913 bits per heavy atom. The van der Waals surface area contributed by atoms with Gasteiger partial charge >= 0.3 is 24.6 Å². The number of nitrogens with two attached hydrogens (primary N) is 1. The molecule has 0 bridgehead atoms. The van der Waals surface area contributed by atoms with Crippen LogP contribution in [0.4, 0.5) is 39.5 Å². The van der Waals surface area contributed by atoms with Crippen LogP contribution < -0.4 is 10.5 Å². The van der Waals surface area contributed by atoms with Gasteiger partial charge in [-0.25, -0.2) is 0 Å². The lowest BCUT2D eigenvalue weighted by Crippen LogP contribution is -2.46. The van der Waals surface area contributed by atoms with Crippen LogP contribution >= 0.6 is 12.4 Å². The Morgan fingerprint density at radius 3 is 1.83 bits per heavy atom. The average molecular weight is 378 g/mol. The Morgan fingerprint density at radius 2 is 1.39 bits per heavy atom. The summed E-state index contributed by atoms with van der Waals surface area (Å²) in [6.07, 6.45) is -15.5. The van der Waals surface area contributed by atoms with Crippen LogP contribution in [-0.2, 0) is 0 Å². The van der Waals surface area contributed by atoms with Gasteiger partial charge in [0, 0.05) is 5.56 Å². The molecule has 0 aliphatic rings. The Labute approximate surface area is 129 Å². The second-order valence-electron chi connectivity index (χ2n) is 4.10. The van der Waals surface area contributed by atoms with E-state index in [1.54, 1.807) is 0 Å². The van der Waals surface area contributed by atoms with Gasteiger partial charge in [-0.1, -0.05) is 18.2 Å². The number of ether oxygens (including phenoxy) is 1. The maximum Gasteiger partial charge on any atom is 0.461 e. The van der Waals surface area contributed by atoms with E-state index >= 15 is 0 Å². The van der Waals surface area contributed by atoms with E-state index in [9.17, 15) is 39.5 Å². The molecule has 0 aliphatic carbocycles. The van der Waals surface area contributed by atoms with E-state index < -0.39 is 42.0 Å². The van der Waals surface area contributed by atoms with E-state index in [2.05, 4.69) is 4.74 Å². The standard InChI is InChI=1S/C11H8F9NO.ClH/c12-8(13)10(16,17)22-6-4-2-1-3-5(6)7(21)9(14,15)11(18,19)20;/h1-4,7-8H,21H2;1H/t7-;/m0./s1. The number of para-hydroxylation sites is 1. The molecule has 0 saturated carbocycles. The summed E-state index contributed by atoms with van der Waals surface area (Å²) >= 11 is 0. The van der Waals surface area contributed by atoms with Gasteiger partial charge < -0.3 is 10.5 Å². The highest BCUT2D eigenvalue weighted by atomic mass is 35.5. The zero-order valence-corrected chi connectivity index (χ0v) is 11.6. The van der Waals surface area contributed by atoms with Crippen molar-refractivity contribution in [2.75, 3.05) is 0 Å². The van der Waals surface area contributed by atoms with Crippen LogP contribution in [0.1, 0.15) is 11.6 Å². The van der Waals surface area contributed by atoms with E-state index in [1.165, 1.54) is 0 Å². The topological polar surface area (TPSA) is 35.2 Å². The molecule has 0 amide bonds. The molecule has 0 spiro atoms. The van der Waals surface area contributed by atoms with Gasteiger partial charge in [0.05, 0.1) is 0 Å². The molecule has 0 aromatic heterocycles. The van der Waals surface area contributed by atoms with Crippen molar-refractivity contribution in [3.63, 3.8) is 0 Å². The first-order chi connectivity index (χ1) is 9.80. The fraction of sp³-hybridized carbons (Fsp3) is 0.455. The molecule has 1 atom stereocenters. The van der Waals surface area contributed by atoms with Crippen molar-refractivity contribution in [1.82, 2.24) is 0 Å². The first-order valence-electron chi connectivity index (χ1n) is 5.44. The highest BCUT2D eigenvalue weighted by Crippen LogP contribution is 2.45. The Kier molecular flexibility index (Phi) is 6.62. The number of rotatable bonds is 5. The monoisotopic (exact) mass is 377 g/mol. The van der Waals surface area contributed by atoms with Gasteiger partial charge in [-0.05, 0) is 6.07 Å². The Bertz CT molecular complexity index is 520. The number of halogens is 10. The second-order valence-corrected chi connectivity index (χ2v) is 4.10. The summed E-state index contributed by atoms with van der Waals surface area (Å²) in [5.41, 5.74) is 3.58. The Balaban J connectivity index is 0.00000484. The first kappa shape index (κ1) is 21.6. The summed E-state index contributed by atoms with van der Waals surface area (Å²) in [6.45, 7) is 0. The molecular formula is C11H9ClF9NO. The molecule has 2 nitrogen and oxygen atoms in total. The lowest BCUT2D eigenvalue weighted by atomic mass is 10.00. The number of hydrogen-bond acceptors (Lipinski definition) is 2. The van der Waals surface area contributed by atoms with Crippen LogP contribution in [0.3, 0.4) is 0 Å². The van der Waals surface area contributed by atoms with E-state index in [-0.39, 0.29) is 12.4 Å². The van der Waals surface area contributed by atoms with Crippen LogP contribution in [0.15, 0.2) is 24.3 Å². The fourth-order valence-corrected chi connectivity index (χ4v) is 1.39. The molecule has 2 N–H and O–H groups in total. The minimum absolute atomic E-state index is 0. The fourth-order valence-electron chi connectivity index (χ4n) is 1.39. The highest BCUT2D eigenvalue weighted by Gasteiger charge is 2.62. The van der Waals surface area contributed by atoms with Crippen molar-refractivity contribution in [2.24, 2.45) is 5.73 Å². The molecule has 0 radical (unpaired) electrons. The predicted molar refractivity (Wildman–Crippen MR) is 63.2 cm³/mol. The second kappa shape index (κ2) is 7.04. The van der Waals surface area contributed by atoms with Crippen molar-refractivity contribution in [2.45, 2.75) is 30.7 Å². The number of hydrogen-bond donors (Lipinski definition) is 1. The van der Waals surface area contributed by atoms with E-state index in [0.29, 0.717) is 12.1 Å². The zero-order chi connectivity index (χ0) is 17.3. The molecule has 12 heteroatoms. The molecule has 134 valence electrons. The van der Waals surface area contributed by atoms with Crippen LogP contribution in [0.5, 0.6) is 5.75 Å². The van der Waals surface area contributed by atoms with E-state index in [1.807, 2.05) is 0 Å². The third-order valence-corrected chi connectivity index (χ3v) is 2.52. The molecule has 0 saturated heterocycles. The lowest BCUT2D eigenvalue weighted by Gasteiger charge is -2.28. The average Bonchev–Trinajstić information content (AvgIpc) is 2.36. The molecule has 1 rings (SSSR count). The third-order valence-electron chi connectivity index (χ3n) is 2.52. The minimum Gasteiger partial charge on any atom is -0.428 e. The molecule has 1 aromatic carbocycles. The lowest BCUT2D eigenvalue weighted by molar-refractivity contribution is -0.291. The third kappa shape index (κ3) is 4.56. The van der Waals surface area contributed by atoms with E-state index in [0.717, 1.165) is 12.1 Å². The number of benzene rings is 1. The van der Waals surface area contributed by atoms with Gasteiger partial charge in [0.15, 0.2) is 0 Å². The normalized spacial score (nSPS) is 14.4. The SMILES string of the molecule is Cl.N[C@@H](c1ccccc1OC(F)(F)C(F)F)C(F)(F)C(F)(F)F. The van der Waals surface area contributed by atoms with Crippen molar-refractivity contribution in [3.05, 3.63) is 29.8 Å². The van der Waals surface area contributed by atoms with Crippen molar-refractivity contribution < 1.29 is 44.3 Å². The molecular weight excluding hydrogens is 369 g/mol. The van der Waals surface area contributed by atoms with Gasteiger partial charge in [0.2, 0.25) is 0 Å². The predicted octanol–water partition coefficient (Wildman–Crippen LogP) is 4.54. The van der Waals surface area contributed by atoms with Crippen LogP contribution in [0, 0.1) is 0 Å². The van der Waals surface area contributed by atoms with Crippen molar-refractivity contribution in [3.8, 4) is 5.75 Å². The van der Waals surface area contributed by atoms with Gasteiger partial charge in [0.25, 0.3) is 0 Å². The highest BCUT2D eigenvalue weighted by molar-refractivity contribution is 5.85. The van der Waals surface area contributed by atoms with Crippen LogP contribution in [-0.4, -0.2) is 24.6 Å². The summed E-state index contributed by atoms with van der Waals surface area (Å²) in [7, 11) is 0. The zero-order valence-electron chi connectivity index (χ0n) is 10.8. The van der Waals surface area contributed by atoms with Crippen LogP contribution in [0.2, 0.25) is 0 Å². The molecule has 1 aromatic rings. The van der Waals surface area contributed by atoms with Crippen molar-refractivity contribution in [1.29, 1.82) is 0 Å². The molecule has 0 fully saturated rings. The summed E-state index contributed by atoms with van der Waals surface area (Å²) in [4.78, 5) is 0.